The van der Waals surface area contributed by atoms with Crippen molar-refractivity contribution in [3.63, 3.8) is 0 Å². The monoisotopic (exact) mass is 365 g/mol. The second-order valence-corrected chi connectivity index (χ2v) is 6.88. The van der Waals surface area contributed by atoms with Gasteiger partial charge >= 0.3 is 0 Å². The Morgan fingerprint density at radius 2 is 1.44 bits per heavy atom. The first-order valence-corrected chi connectivity index (χ1v) is 9.72. The number of hydrogen-bond donors (Lipinski definition) is 2. The number of nitrogens with one attached hydrogen (secondary N) is 2. The van der Waals surface area contributed by atoms with E-state index in [1.807, 2.05) is 19.1 Å². The number of carbonyl (C=O) groups excluding carboxylic acids is 2. The maximum Gasteiger partial charge on any atom is 0.255 e. The van der Waals surface area contributed by atoms with Crippen LogP contribution in [0.25, 0.3) is 0 Å². The first kappa shape index (κ1) is 19.0. The SMILES string of the molecule is CCCNC(=O)c1ccc(C(=O)Nc2ccc(N3CCCCC3)cc2)cc1. The van der Waals surface area contributed by atoms with Gasteiger partial charge in [-0.3, -0.25) is 9.59 Å². The Kier molecular flexibility index (Phi) is 6.47. The fraction of sp³-hybridized carbons (Fsp3) is 0.364. The zero-order chi connectivity index (χ0) is 19.1. The van der Waals surface area contributed by atoms with Crippen molar-refractivity contribution in [3.8, 4) is 0 Å². The third kappa shape index (κ3) is 5.09. The van der Waals surface area contributed by atoms with Crippen LogP contribution >= 0.6 is 0 Å². The summed E-state index contributed by atoms with van der Waals surface area (Å²) in [6.45, 7) is 4.86. The van der Waals surface area contributed by atoms with Crippen molar-refractivity contribution in [2.75, 3.05) is 29.9 Å². The lowest BCUT2D eigenvalue weighted by molar-refractivity contribution is 0.0951. The Balaban J connectivity index is 1.58. The summed E-state index contributed by atoms with van der Waals surface area (Å²) in [6.07, 6.45) is 4.68. The summed E-state index contributed by atoms with van der Waals surface area (Å²) in [5.74, 6) is -0.293. The van der Waals surface area contributed by atoms with Crippen LogP contribution in [0.5, 0.6) is 0 Å². The van der Waals surface area contributed by atoms with Crippen LogP contribution in [0.1, 0.15) is 53.3 Å². The average molecular weight is 365 g/mol. The van der Waals surface area contributed by atoms with Gasteiger partial charge in [-0.2, -0.15) is 0 Å². The molecule has 0 saturated carbocycles. The van der Waals surface area contributed by atoms with Crippen molar-refractivity contribution < 1.29 is 9.59 Å². The molecule has 1 aliphatic heterocycles. The Morgan fingerprint density at radius 1 is 0.852 bits per heavy atom. The number of anilines is 2. The van der Waals surface area contributed by atoms with E-state index in [2.05, 4.69) is 27.7 Å². The van der Waals surface area contributed by atoms with Gasteiger partial charge in [0.1, 0.15) is 0 Å². The minimum Gasteiger partial charge on any atom is -0.372 e. The van der Waals surface area contributed by atoms with Gasteiger partial charge in [0.25, 0.3) is 11.8 Å². The number of hydrogen-bond acceptors (Lipinski definition) is 3. The maximum absolute atomic E-state index is 12.4. The van der Waals surface area contributed by atoms with Crippen molar-refractivity contribution in [2.24, 2.45) is 0 Å². The minimum absolute atomic E-state index is 0.114. The highest BCUT2D eigenvalue weighted by atomic mass is 16.2. The molecule has 142 valence electrons. The van der Waals surface area contributed by atoms with Crippen molar-refractivity contribution in [2.45, 2.75) is 32.6 Å². The van der Waals surface area contributed by atoms with Crippen LogP contribution in [-0.2, 0) is 0 Å². The Hall–Kier alpha value is -2.82. The van der Waals surface area contributed by atoms with Gasteiger partial charge in [-0.1, -0.05) is 6.92 Å². The fourth-order valence-electron chi connectivity index (χ4n) is 3.22. The molecule has 0 aliphatic carbocycles. The molecular formula is C22H27N3O2. The van der Waals surface area contributed by atoms with Crippen molar-refractivity contribution in [1.29, 1.82) is 0 Å². The molecule has 0 atom stereocenters. The normalized spacial score (nSPS) is 13.9. The molecule has 27 heavy (non-hydrogen) atoms. The van der Waals surface area contributed by atoms with Crippen LogP contribution in [0.2, 0.25) is 0 Å². The molecule has 2 amide bonds. The first-order valence-electron chi connectivity index (χ1n) is 9.72. The van der Waals surface area contributed by atoms with Gasteiger partial charge < -0.3 is 15.5 Å². The topological polar surface area (TPSA) is 61.4 Å². The maximum atomic E-state index is 12.4. The van der Waals surface area contributed by atoms with Crippen LogP contribution in [0.15, 0.2) is 48.5 Å². The molecule has 1 saturated heterocycles. The number of amides is 2. The summed E-state index contributed by atoms with van der Waals surface area (Å²) in [6, 6.07) is 14.7. The number of benzene rings is 2. The summed E-state index contributed by atoms with van der Waals surface area (Å²) >= 11 is 0. The van der Waals surface area contributed by atoms with Gasteiger partial charge in [-0.05, 0) is 74.2 Å². The van der Waals surface area contributed by atoms with E-state index >= 15 is 0 Å². The van der Waals surface area contributed by atoms with Gasteiger partial charge in [0.15, 0.2) is 0 Å². The number of piperidine rings is 1. The second-order valence-electron chi connectivity index (χ2n) is 6.88. The van der Waals surface area contributed by atoms with Gasteiger partial charge in [-0.25, -0.2) is 0 Å². The van der Waals surface area contributed by atoms with Gasteiger partial charge in [0, 0.05) is 42.1 Å². The minimum atomic E-state index is -0.179. The molecule has 5 nitrogen and oxygen atoms in total. The largest absolute Gasteiger partial charge is 0.372 e. The standard InChI is InChI=1S/C22H27N3O2/c1-2-14-23-21(26)17-6-8-18(9-7-17)22(27)24-19-10-12-20(13-11-19)25-15-4-3-5-16-25/h6-13H,2-5,14-16H2,1H3,(H,23,26)(H,24,27). The van der Waals surface area contributed by atoms with E-state index in [0.717, 1.165) is 25.2 Å². The summed E-state index contributed by atoms with van der Waals surface area (Å²) in [7, 11) is 0. The van der Waals surface area contributed by atoms with Crippen LogP contribution in [0.3, 0.4) is 0 Å². The lowest BCUT2D eigenvalue weighted by Gasteiger charge is -2.28. The van der Waals surface area contributed by atoms with Gasteiger partial charge in [0.2, 0.25) is 0 Å². The highest BCUT2D eigenvalue weighted by Crippen LogP contribution is 2.22. The number of carbonyl (C=O) groups is 2. The lowest BCUT2D eigenvalue weighted by Crippen LogP contribution is -2.29. The molecule has 0 bridgehead atoms. The molecule has 0 radical (unpaired) electrons. The summed E-state index contributed by atoms with van der Waals surface area (Å²) in [4.78, 5) is 26.7. The molecule has 0 unspecified atom stereocenters. The molecule has 0 aromatic heterocycles. The van der Waals surface area contributed by atoms with Gasteiger partial charge in [0.05, 0.1) is 0 Å². The van der Waals surface area contributed by atoms with Crippen LogP contribution in [0.4, 0.5) is 11.4 Å². The van der Waals surface area contributed by atoms with E-state index in [9.17, 15) is 9.59 Å². The zero-order valence-electron chi connectivity index (χ0n) is 15.8. The highest BCUT2D eigenvalue weighted by Gasteiger charge is 2.12. The fourth-order valence-corrected chi connectivity index (χ4v) is 3.22. The van der Waals surface area contributed by atoms with Gasteiger partial charge in [-0.15, -0.1) is 0 Å². The summed E-state index contributed by atoms with van der Waals surface area (Å²) in [5, 5.41) is 5.74. The summed E-state index contributed by atoms with van der Waals surface area (Å²) < 4.78 is 0. The molecule has 0 spiro atoms. The molecule has 2 N–H and O–H groups in total. The van der Waals surface area contributed by atoms with E-state index in [1.165, 1.54) is 24.9 Å². The van der Waals surface area contributed by atoms with E-state index < -0.39 is 0 Å². The molecule has 2 aromatic carbocycles. The smallest absolute Gasteiger partial charge is 0.255 e. The predicted molar refractivity (Wildman–Crippen MR) is 110 cm³/mol. The van der Waals surface area contributed by atoms with Crippen LogP contribution in [-0.4, -0.2) is 31.4 Å². The first-order chi connectivity index (χ1) is 13.2. The third-order valence-electron chi connectivity index (χ3n) is 4.79. The Labute approximate surface area is 160 Å². The van der Waals surface area contributed by atoms with Crippen molar-refractivity contribution in [1.82, 2.24) is 5.32 Å². The highest BCUT2D eigenvalue weighted by molar-refractivity contribution is 6.05. The lowest BCUT2D eigenvalue weighted by atomic mass is 10.1. The molecule has 2 aromatic rings. The van der Waals surface area contributed by atoms with E-state index in [-0.39, 0.29) is 11.8 Å². The van der Waals surface area contributed by atoms with E-state index in [0.29, 0.717) is 17.7 Å². The third-order valence-corrected chi connectivity index (χ3v) is 4.79. The van der Waals surface area contributed by atoms with Crippen molar-refractivity contribution >= 4 is 23.2 Å². The van der Waals surface area contributed by atoms with E-state index in [4.69, 9.17) is 0 Å². The molecule has 1 fully saturated rings. The Morgan fingerprint density at radius 3 is 2.04 bits per heavy atom. The van der Waals surface area contributed by atoms with Crippen LogP contribution < -0.4 is 15.5 Å². The molecular weight excluding hydrogens is 338 g/mol. The predicted octanol–water partition coefficient (Wildman–Crippen LogP) is 4.07. The zero-order valence-corrected chi connectivity index (χ0v) is 15.8. The number of rotatable bonds is 6. The van der Waals surface area contributed by atoms with Crippen LogP contribution in [0, 0.1) is 0 Å². The molecule has 5 heteroatoms. The average Bonchev–Trinajstić information content (AvgIpc) is 2.73. The van der Waals surface area contributed by atoms with Crippen molar-refractivity contribution in [3.05, 3.63) is 59.7 Å². The molecule has 1 heterocycles. The molecule has 1 aliphatic rings. The summed E-state index contributed by atoms with van der Waals surface area (Å²) in [5.41, 5.74) is 3.06. The number of nitrogens with zero attached hydrogens (tertiary/aromatic N) is 1. The second kappa shape index (κ2) is 9.21. The van der Waals surface area contributed by atoms with E-state index in [1.54, 1.807) is 24.3 Å². The Bertz CT molecular complexity index is 763. The molecule has 3 rings (SSSR count). The quantitative estimate of drug-likeness (QED) is 0.811.